The molecule has 0 fully saturated rings. The minimum atomic E-state index is -0.290. The fourth-order valence-corrected chi connectivity index (χ4v) is 3.29. The Kier molecular flexibility index (Phi) is 5.75. The maximum absolute atomic E-state index is 12.3. The number of hydrogen-bond donors (Lipinski definition) is 4. The Morgan fingerprint density at radius 1 is 0.800 bits per heavy atom. The van der Waals surface area contributed by atoms with Gasteiger partial charge < -0.3 is 20.9 Å². The molecule has 3 amide bonds. The summed E-state index contributed by atoms with van der Waals surface area (Å²) in [7, 11) is 0. The number of amides is 3. The maximum Gasteiger partial charge on any atom is 0.319 e. The van der Waals surface area contributed by atoms with Crippen molar-refractivity contribution in [2.45, 2.75) is 6.42 Å². The number of hydrogen-bond acceptors (Lipinski definition) is 2. The van der Waals surface area contributed by atoms with E-state index in [4.69, 9.17) is 0 Å². The van der Waals surface area contributed by atoms with E-state index < -0.39 is 0 Å². The van der Waals surface area contributed by atoms with E-state index in [1.54, 1.807) is 36.4 Å². The van der Waals surface area contributed by atoms with Crippen LogP contribution in [-0.2, 0) is 6.42 Å². The van der Waals surface area contributed by atoms with E-state index in [2.05, 4.69) is 27.0 Å². The number of aromatic nitrogens is 1. The average molecular weight is 398 g/mol. The zero-order valence-corrected chi connectivity index (χ0v) is 16.3. The van der Waals surface area contributed by atoms with E-state index in [0.717, 1.165) is 17.5 Å². The van der Waals surface area contributed by atoms with E-state index in [9.17, 15) is 9.59 Å². The molecule has 0 atom stereocenters. The van der Waals surface area contributed by atoms with Crippen LogP contribution in [0.4, 0.5) is 16.2 Å². The van der Waals surface area contributed by atoms with Crippen LogP contribution in [0.3, 0.4) is 0 Å². The molecule has 4 aromatic rings. The molecule has 4 N–H and O–H groups in total. The van der Waals surface area contributed by atoms with Crippen LogP contribution in [0.15, 0.2) is 85.1 Å². The molecule has 1 heterocycles. The molecule has 6 nitrogen and oxygen atoms in total. The van der Waals surface area contributed by atoms with Crippen LogP contribution in [0.25, 0.3) is 10.9 Å². The summed E-state index contributed by atoms with van der Waals surface area (Å²) in [6, 6.07) is 23.8. The molecule has 0 unspecified atom stereocenters. The first-order chi connectivity index (χ1) is 14.7. The van der Waals surface area contributed by atoms with Crippen molar-refractivity contribution in [3.8, 4) is 0 Å². The second kappa shape index (κ2) is 8.96. The molecule has 0 saturated heterocycles. The van der Waals surface area contributed by atoms with Crippen molar-refractivity contribution in [3.05, 3.63) is 96.2 Å². The molecule has 3 aromatic carbocycles. The van der Waals surface area contributed by atoms with Gasteiger partial charge in [-0.05, 0) is 48.4 Å². The van der Waals surface area contributed by atoms with Gasteiger partial charge in [0.2, 0.25) is 0 Å². The second-order valence-electron chi connectivity index (χ2n) is 6.89. The molecule has 0 spiro atoms. The predicted molar refractivity (Wildman–Crippen MR) is 120 cm³/mol. The lowest BCUT2D eigenvalue weighted by Gasteiger charge is -2.10. The normalized spacial score (nSPS) is 10.5. The third-order valence-electron chi connectivity index (χ3n) is 4.77. The Balaban J connectivity index is 1.30. The molecule has 4 rings (SSSR count). The number of fused-ring (bicyclic) bond motifs is 1. The molecule has 0 aliphatic heterocycles. The van der Waals surface area contributed by atoms with Crippen LogP contribution >= 0.6 is 0 Å². The lowest BCUT2D eigenvalue weighted by atomic mass is 10.1. The van der Waals surface area contributed by atoms with Gasteiger partial charge in [0, 0.05) is 40.6 Å². The van der Waals surface area contributed by atoms with Crippen molar-refractivity contribution in [2.75, 3.05) is 17.2 Å². The Morgan fingerprint density at radius 3 is 2.37 bits per heavy atom. The van der Waals surface area contributed by atoms with Crippen molar-refractivity contribution in [2.24, 2.45) is 0 Å². The highest BCUT2D eigenvalue weighted by atomic mass is 16.2. The number of aromatic amines is 1. The van der Waals surface area contributed by atoms with Crippen LogP contribution in [-0.4, -0.2) is 23.5 Å². The van der Waals surface area contributed by atoms with Gasteiger partial charge in [-0.15, -0.1) is 0 Å². The molecule has 0 saturated carbocycles. The summed E-state index contributed by atoms with van der Waals surface area (Å²) in [4.78, 5) is 27.8. The van der Waals surface area contributed by atoms with E-state index in [1.165, 1.54) is 5.39 Å². The molecule has 0 aliphatic rings. The van der Waals surface area contributed by atoms with E-state index in [1.807, 2.05) is 42.6 Å². The number of para-hydroxylation sites is 1. The quantitative estimate of drug-likeness (QED) is 0.377. The van der Waals surface area contributed by atoms with E-state index in [0.29, 0.717) is 23.5 Å². The maximum atomic E-state index is 12.3. The van der Waals surface area contributed by atoms with Gasteiger partial charge in [0.15, 0.2) is 0 Å². The SMILES string of the molecule is O=C(NCCc1c[nH]c2ccccc12)Nc1cccc(NC(=O)c2ccccc2)c1. The fourth-order valence-electron chi connectivity index (χ4n) is 3.29. The monoisotopic (exact) mass is 398 g/mol. The molecule has 0 radical (unpaired) electrons. The molecular formula is C24H22N4O2. The number of benzene rings is 3. The lowest BCUT2D eigenvalue weighted by molar-refractivity contribution is 0.102. The minimum absolute atomic E-state index is 0.198. The van der Waals surface area contributed by atoms with Crippen LogP contribution in [0.2, 0.25) is 0 Å². The Morgan fingerprint density at radius 2 is 1.53 bits per heavy atom. The molecule has 30 heavy (non-hydrogen) atoms. The van der Waals surface area contributed by atoms with E-state index >= 15 is 0 Å². The Labute approximate surface area is 174 Å². The van der Waals surface area contributed by atoms with Gasteiger partial charge in [0.25, 0.3) is 5.91 Å². The predicted octanol–water partition coefficient (Wildman–Crippen LogP) is 4.78. The highest BCUT2D eigenvalue weighted by Crippen LogP contribution is 2.18. The lowest BCUT2D eigenvalue weighted by Crippen LogP contribution is -2.30. The summed E-state index contributed by atoms with van der Waals surface area (Å²) < 4.78 is 0. The number of carbonyl (C=O) groups is 2. The first kappa shape index (κ1) is 19.3. The number of nitrogens with one attached hydrogen (secondary N) is 4. The minimum Gasteiger partial charge on any atom is -0.361 e. The summed E-state index contributed by atoms with van der Waals surface area (Å²) in [5.41, 5.74) is 4.04. The average Bonchev–Trinajstić information content (AvgIpc) is 3.18. The standard InChI is InChI=1S/C24H22N4O2/c29-23(17-7-2-1-3-8-17)27-19-9-6-10-20(15-19)28-24(30)25-14-13-18-16-26-22-12-5-4-11-21(18)22/h1-12,15-16,26H,13-14H2,(H,27,29)(H2,25,28,30). The zero-order valence-electron chi connectivity index (χ0n) is 16.3. The van der Waals surface area contributed by atoms with Crippen molar-refractivity contribution >= 4 is 34.2 Å². The van der Waals surface area contributed by atoms with Gasteiger partial charge in [0.1, 0.15) is 0 Å². The summed E-state index contributed by atoms with van der Waals surface area (Å²) in [5, 5.41) is 9.68. The fraction of sp³-hybridized carbons (Fsp3) is 0.0833. The molecular weight excluding hydrogens is 376 g/mol. The van der Waals surface area contributed by atoms with Crippen molar-refractivity contribution in [1.82, 2.24) is 10.3 Å². The van der Waals surface area contributed by atoms with Crippen molar-refractivity contribution in [3.63, 3.8) is 0 Å². The highest BCUT2D eigenvalue weighted by molar-refractivity contribution is 6.04. The molecule has 6 heteroatoms. The smallest absolute Gasteiger partial charge is 0.319 e. The van der Waals surface area contributed by atoms with Crippen LogP contribution in [0, 0.1) is 0 Å². The topological polar surface area (TPSA) is 86.0 Å². The van der Waals surface area contributed by atoms with Gasteiger partial charge in [-0.25, -0.2) is 4.79 Å². The Hall–Kier alpha value is -4.06. The van der Waals surface area contributed by atoms with Crippen LogP contribution in [0.1, 0.15) is 15.9 Å². The first-order valence-electron chi connectivity index (χ1n) is 9.75. The number of H-pyrrole nitrogens is 1. The van der Waals surface area contributed by atoms with E-state index in [-0.39, 0.29) is 11.9 Å². The summed E-state index contributed by atoms with van der Waals surface area (Å²) in [5.74, 6) is -0.198. The van der Waals surface area contributed by atoms with Crippen LogP contribution in [0.5, 0.6) is 0 Å². The molecule has 0 bridgehead atoms. The number of rotatable bonds is 6. The number of carbonyl (C=O) groups excluding carboxylic acids is 2. The summed E-state index contributed by atoms with van der Waals surface area (Å²) in [6.45, 7) is 0.512. The summed E-state index contributed by atoms with van der Waals surface area (Å²) >= 11 is 0. The van der Waals surface area contributed by atoms with Gasteiger partial charge >= 0.3 is 6.03 Å². The Bertz CT molecular complexity index is 1170. The third kappa shape index (κ3) is 4.67. The first-order valence-corrected chi connectivity index (χ1v) is 9.75. The third-order valence-corrected chi connectivity index (χ3v) is 4.77. The second-order valence-corrected chi connectivity index (χ2v) is 6.89. The summed E-state index contributed by atoms with van der Waals surface area (Å²) in [6.07, 6.45) is 2.70. The highest BCUT2D eigenvalue weighted by Gasteiger charge is 2.08. The van der Waals surface area contributed by atoms with Crippen molar-refractivity contribution < 1.29 is 9.59 Å². The van der Waals surface area contributed by atoms with Gasteiger partial charge in [-0.2, -0.15) is 0 Å². The molecule has 150 valence electrons. The molecule has 0 aliphatic carbocycles. The van der Waals surface area contributed by atoms with Crippen molar-refractivity contribution in [1.29, 1.82) is 0 Å². The van der Waals surface area contributed by atoms with Crippen LogP contribution < -0.4 is 16.0 Å². The van der Waals surface area contributed by atoms with Gasteiger partial charge in [0.05, 0.1) is 0 Å². The van der Waals surface area contributed by atoms with Gasteiger partial charge in [-0.1, -0.05) is 42.5 Å². The largest absolute Gasteiger partial charge is 0.361 e. The number of anilines is 2. The number of urea groups is 1. The zero-order chi connectivity index (χ0) is 20.8. The van der Waals surface area contributed by atoms with Gasteiger partial charge in [-0.3, -0.25) is 4.79 Å². The molecule has 1 aromatic heterocycles.